The van der Waals surface area contributed by atoms with Crippen LogP contribution in [0.5, 0.6) is 0 Å². The molecule has 0 bridgehead atoms. The molecule has 92 valence electrons. The Balaban J connectivity index is 2.27. The van der Waals surface area contributed by atoms with E-state index >= 15 is 0 Å². The molecule has 4 nitrogen and oxygen atoms in total. The number of amides is 1. The van der Waals surface area contributed by atoms with Crippen LogP contribution in [-0.4, -0.2) is 10.9 Å². The molecule has 1 amide bonds. The number of carbonyl (C=O) groups excluding carboxylic acids is 1. The molecule has 0 radical (unpaired) electrons. The van der Waals surface area contributed by atoms with Gasteiger partial charge in [0, 0.05) is 23.8 Å². The number of aryl methyl sites for hydroxylation is 1. The zero-order valence-electron chi connectivity index (χ0n) is 9.77. The van der Waals surface area contributed by atoms with E-state index in [1.165, 1.54) is 30.6 Å². The Hall–Kier alpha value is -2.43. The molecule has 0 atom stereocenters. The Morgan fingerprint density at radius 2 is 2.17 bits per heavy atom. The number of hydrogen-bond acceptors (Lipinski definition) is 3. The predicted octanol–water partition coefficient (Wildman–Crippen LogP) is 2.36. The van der Waals surface area contributed by atoms with Crippen molar-refractivity contribution in [1.82, 2.24) is 4.98 Å². The second kappa shape index (κ2) is 4.83. The summed E-state index contributed by atoms with van der Waals surface area (Å²) in [6, 6.07) is 5.73. The highest BCUT2D eigenvalue weighted by atomic mass is 19.1. The average Bonchev–Trinajstić information content (AvgIpc) is 2.34. The van der Waals surface area contributed by atoms with Gasteiger partial charge in [0.1, 0.15) is 5.82 Å². The topological polar surface area (TPSA) is 68.0 Å². The third-order valence-electron chi connectivity index (χ3n) is 2.55. The van der Waals surface area contributed by atoms with Crippen LogP contribution < -0.4 is 11.1 Å². The molecule has 1 aromatic heterocycles. The van der Waals surface area contributed by atoms with Gasteiger partial charge in [-0.25, -0.2) is 4.39 Å². The Kier molecular flexibility index (Phi) is 3.23. The highest BCUT2D eigenvalue weighted by Crippen LogP contribution is 2.18. The van der Waals surface area contributed by atoms with E-state index in [1.54, 1.807) is 13.0 Å². The smallest absolute Gasteiger partial charge is 0.259 e. The first kappa shape index (κ1) is 12.0. The lowest BCUT2D eigenvalue weighted by Gasteiger charge is -2.09. The van der Waals surface area contributed by atoms with Gasteiger partial charge in [-0.15, -0.1) is 0 Å². The number of nitrogens with two attached hydrogens (primary N) is 1. The zero-order chi connectivity index (χ0) is 13.1. The van der Waals surface area contributed by atoms with Gasteiger partial charge in [-0.1, -0.05) is 6.07 Å². The average molecular weight is 245 g/mol. The molecule has 0 unspecified atom stereocenters. The third kappa shape index (κ3) is 2.45. The van der Waals surface area contributed by atoms with E-state index in [0.717, 1.165) is 5.56 Å². The van der Waals surface area contributed by atoms with Crippen LogP contribution in [0, 0.1) is 12.7 Å². The lowest BCUT2D eigenvalue weighted by atomic mass is 10.1. The molecule has 2 aromatic rings. The van der Waals surface area contributed by atoms with E-state index in [-0.39, 0.29) is 5.56 Å². The Morgan fingerprint density at radius 3 is 2.89 bits per heavy atom. The van der Waals surface area contributed by atoms with Crippen LogP contribution in [-0.2, 0) is 0 Å². The standard InChI is InChI=1S/C13H12FN3O/c1-8-2-3-9(14)6-12(8)17-13(18)10-7-16-5-4-11(10)15/h2-7H,1H3,(H2,15,16)(H,17,18). The van der Waals surface area contributed by atoms with Gasteiger partial charge in [-0.3, -0.25) is 9.78 Å². The van der Waals surface area contributed by atoms with E-state index in [2.05, 4.69) is 10.3 Å². The van der Waals surface area contributed by atoms with Crippen LogP contribution in [0.2, 0.25) is 0 Å². The number of aromatic nitrogens is 1. The number of carbonyl (C=O) groups is 1. The number of halogens is 1. The zero-order valence-corrected chi connectivity index (χ0v) is 9.77. The van der Waals surface area contributed by atoms with Crippen LogP contribution in [0.3, 0.4) is 0 Å². The number of anilines is 2. The first-order valence-electron chi connectivity index (χ1n) is 5.35. The van der Waals surface area contributed by atoms with E-state index < -0.39 is 11.7 Å². The van der Waals surface area contributed by atoms with Crippen molar-refractivity contribution >= 4 is 17.3 Å². The minimum absolute atomic E-state index is 0.265. The maximum absolute atomic E-state index is 13.1. The van der Waals surface area contributed by atoms with Gasteiger partial charge in [0.05, 0.1) is 5.56 Å². The van der Waals surface area contributed by atoms with Crippen molar-refractivity contribution in [3.63, 3.8) is 0 Å². The molecular weight excluding hydrogens is 233 g/mol. The maximum Gasteiger partial charge on any atom is 0.259 e. The molecule has 18 heavy (non-hydrogen) atoms. The van der Waals surface area contributed by atoms with Crippen LogP contribution >= 0.6 is 0 Å². The number of nitrogens with one attached hydrogen (secondary N) is 1. The van der Waals surface area contributed by atoms with Crippen molar-refractivity contribution in [1.29, 1.82) is 0 Å². The minimum atomic E-state index is -0.408. The maximum atomic E-state index is 13.1. The van der Waals surface area contributed by atoms with Crippen LogP contribution in [0.25, 0.3) is 0 Å². The molecule has 5 heteroatoms. The summed E-state index contributed by atoms with van der Waals surface area (Å²) < 4.78 is 13.1. The quantitative estimate of drug-likeness (QED) is 0.853. The number of hydrogen-bond donors (Lipinski definition) is 2. The number of rotatable bonds is 2. The van der Waals surface area contributed by atoms with E-state index in [1.807, 2.05) is 0 Å². The van der Waals surface area contributed by atoms with Crippen molar-refractivity contribution in [2.24, 2.45) is 0 Å². The molecule has 0 saturated carbocycles. The predicted molar refractivity (Wildman–Crippen MR) is 67.7 cm³/mol. The SMILES string of the molecule is Cc1ccc(F)cc1NC(=O)c1cnccc1N. The summed E-state index contributed by atoms with van der Waals surface area (Å²) in [6.45, 7) is 1.78. The lowest BCUT2D eigenvalue weighted by molar-refractivity contribution is 0.102. The van der Waals surface area contributed by atoms with Gasteiger partial charge in [-0.05, 0) is 30.7 Å². The van der Waals surface area contributed by atoms with Crippen molar-refractivity contribution in [2.45, 2.75) is 6.92 Å². The van der Waals surface area contributed by atoms with Crippen LogP contribution in [0.15, 0.2) is 36.7 Å². The summed E-state index contributed by atoms with van der Waals surface area (Å²) in [6.07, 6.45) is 2.87. The summed E-state index contributed by atoms with van der Waals surface area (Å²) >= 11 is 0. The molecule has 2 rings (SSSR count). The second-order valence-corrected chi connectivity index (χ2v) is 3.88. The van der Waals surface area contributed by atoms with Crippen LogP contribution in [0.4, 0.5) is 15.8 Å². The Bertz CT molecular complexity index is 599. The molecule has 0 saturated heterocycles. The molecule has 0 spiro atoms. The molecule has 0 aliphatic heterocycles. The molecule has 1 aromatic carbocycles. The van der Waals surface area contributed by atoms with Gasteiger partial charge >= 0.3 is 0 Å². The van der Waals surface area contributed by atoms with Gasteiger partial charge < -0.3 is 11.1 Å². The van der Waals surface area contributed by atoms with Gasteiger partial charge in [0.25, 0.3) is 5.91 Å². The monoisotopic (exact) mass is 245 g/mol. The van der Waals surface area contributed by atoms with Gasteiger partial charge in [0.15, 0.2) is 0 Å². The fourth-order valence-electron chi connectivity index (χ4n) is 1.51. The van der Waals surface area contributed by atoms with Crippen molar-refractivity contribution < 1.29 is 9.18 Å². The summed E-state index contributed by atoms with van der Waals surface area (Å²) in [5.74, 6) is -0.815. The van der Waals surface area contributed by atoms with Crippen molar-refractivity contribution in [3.05, 3.63) is 53.6 Å². The van der Waals surface area contributed by atoms with Crippen LogP contribution in [0.1, 0.15) is 15.9 Å². The number of pyridine rings is 1. The first-order chi connectivity index (χ1) is 8.58. The molecule has 0 fully saturated rings. The summed E-state index contributed by atoms with van der Waals surface area (Å²) in [4.78, 5) is 15.8. The number of benzene rings is 1. The third-order valence-corrected chi connectivity index (χ3v) is 2.55. The van der Waals surface area contributed by atoms with Gasteiger partial charge in [0.2, 0.25) is 0 Å². The lowest BCUT2D eigenvalue weighted by Crippen LogP contribution is -2.15. The fourth-order valence-corrected chi connectivity index (χ4v) is 1.51. The second-order valence-electron chi connectivity index (χ2n) is 3.88. The highest BCUT2D eigenvalue weighted by Gasteiger charge is 2.11. The summed E-state index contributed by atoms with van der Waals surface area (Å²) in [7, 11) is 0. The largest absolute Gasteiger partial charge is 0.398 e. The minimum Gasteiger partial charge on any atom is -0.398 e. The van der Waals surface area contributed by atoms with E-state index in [9.17, 15) is 9.18 Å². The molecule has 0 aliphatic rings. The molecule has 0 aliphatic carbocycles. The van der Waals surface area contributed by atoms with Crippen molar-refractivity contribution in [3.8, 4) is 0 Å². The summed E-state index contributed by atoms with van der Waals surface area (Å²) in [5.41, 5.74) is 7.45. The fraction of sp³-hybridized carbons (Fsp3) is 0.0769. The Labute approximate surface area is 104 Å². The first-order valence-corrected chi connectivity index (χ1v) is 5.35. The van der Waals surface area contributed by atoms with E-state index in [4.69, 9.17) is 5.73 Å². The number of nitrogens with zero attached hydrogens (tertiary/aromatic N) is 1. The summed E-state index contributed by atoms with van der Waals surface area (Å²) in [5, 5.41) is 2.61. The normalized spacial score (nSPS) is 10.1. The molecule has 1 heterocycles. The van der Waals surface area contributed by atoms with Gasteiger partial charge in [-0.2, -0.15) is 0 Å². The van der Waals surface area contributed by atoms with Crippen molar-refractivity contribution in [2.75, 3.05) is 11.1 Å². The molecule has 3 N–H and O–H groups in total. The highest BCUT2D eigenvalue weighted by molar-refractivity contribution is 6.07. The van der Waals surface area contributed by atoms with E-state index in [0.29, 0.717) is 11.4 Å². The number of nitrogen functional groups attached to an aromatic ring is 1. The molecular formula is C13H12FN3O. The Morgan fingerprint density at radius 1 is 1.39 bits per heavy atom.